The highest BCUT2D eigenvalue weighted by atomic mass is 16.5. The third kappa shape index (κ3) is 4.21. The second-order valence-electron chi connectivity index (χ2n) is 8.22. The van der Waals surface area contributed by atoms with Crippen LogP contribution in [-0.2, 0) is 24.8 Å². The number of hydrogen-bond donors (Lipinski definition) is 0. The molecule has 4 rings (SSSR count). The van der Waals surface area contributed by atoms with Gasteiger partial charge < -0.3 is 4.74 Å². The maximum atomic E-state index is 12.9. The highest BCUT2D eigenvalue weighted by Crippen LogP contribution is 2.25. The normalized spacial score (nSPS) is 11.1. The van der Waals surface area contributed by atoms with Gasteiger partial charge in [0.05, 0.1) is 19.2 Å². The number of para-hydroxylation sites is 1. The van der Waals surface area contributed by atoms with Gasteiger partial charge in [0.25, 0.3) is 0 Å². The molecule has 0 saturated heterocycles. The summed E-state index contributed by atoms with van der Waals surface area (Å²) in [6.45, 7) is 4.12. The van der Waals surface area contributed by atoms with E-state index in [0.717, 1.165) is 22.4 Å². The zero-order valence-corrected chi connectivity index (χ0v) is 18.9. The highest BCUT2D eigenvalue weighted by Gasteiger charge is 2.16. The minimum absolute atomic E-state index is 0.00121. The largest absolute Gasteiger partial charge is 0.496 e. The first-order valence-corrected chi connectivity index (χ1v) is 10.6. The quantitative estimate of drug-likeness (QED) is 0.441. The first-order valence-electron chi connectivity index (χ1n) is 10.6. The zero-order valence-electron chi connectivity index (χ0n) is 18.9. The van der Waals surface area contributed by atoms with Crippen molar-refractivity contribution in [2.24, 2.45) is 7.05 Å². The Morgan fingerprint density at radius 3 is 2.47 bits per heavy atom. The van der Waals surface area contributed by atoms with E-state index >= 15 is 0 Å². The Kier molecular flexibility index (Phi) is 5.95. The van der Waals surface area contributed by atoms with Crippen LogP contribution in [0.3, 0.4) is 0 Å². The van der Waals surface area contributed by atoms with Gasteiger partial charge in [0, 0.05) is 25.2 Å². The maximum Gasteiger partial charge on any atom is 0.330 e. The molecule has 0 fully saturated rings. The van der Waals surface area contributed by atoms with Gasteiger partial charge in [0.15, 0.2) is 11.4 Å². The van der Waals surface area contributed by atoms with Gasteiger partial charge in [-0.3, -0.25) is 13.9 Å². The van der Waals surface area contributed by atoms with E-state index in [2.05, 4.69) is 37.0 Å². The molecule has 0 aliphatic carbocycles. The van der Waals surface area contributed by atoms with Crippen LogP contribution in [0.4, 0.5) is 0 Å². The molecule has 0 aliphatic heterocycles. The van der Waals surface area contributed by atoms with E-state index in [1.807, 2.05) is 30.3 Å². The Hall–Kier alpha value is -3.67. The first-order chi connectivity index (χ1) is 15.4. The summed E-state index contributed by atoms with van der Waals surface area (Å²) in [6, 6.07) is 16.0. The third-order valence-corrected chi connectivity index (χ3v) is 5.74. The van der Waals surface area contributed by atoms with Crippen molar-refractivity contribution < 1.29 is 9.53 Å². The molecule has 2 aromatic carbocycles. The van der Waals surface area contributed by atoms with Gasteiger partial charge in [-0.15, -0.1) is 0 Å². The van der Waals surface area contributed by atoms with Gasteiger partial charge >= 0.3 is 5.69 Å². The molecule has 0 unspecified atom stereocenters. The Labute approximate surface area is 187 Å². The Morgan fingerprint density at radius 1 is 1.03 bits per heavy atom. The molecule has 0 N–H and O–H groups in total. The minimum Gasteiger partial charge on any atom is -0.496 e. The van der Waals surface area contributed by atoms with Crippen LogP contribution >= 0.6 is 0 Å². The fourth-order valence-corrected chi connectivity index (χ4v) is 4.16. The number of pyridine rings is 1. The smallest absolute Gasteiger partial charge is 0.330 e. The monoisotopic (exact) mass is 429 g/mol. The summed E-state index contributed by atoms with van der Waals surface area (Å²) in [5, 5.41) is 0. The lowest BCUT2D eigenvalue weighted by atomic mass is 10.0. The lowest BCUT2D eigenvalue weighted by Gasteiger charge is -2.08. The van der Waals surface area contributed by atoms with E-state index < -0.39 is 0 Å². The van der Waals surface area contributed by atoms with E-state index in [4.69, 9.17) is 4.74 Å². The number of hydrogen-bond acceptors (Lipinski definition) is 4. The number of imidazole rings is 1. The van der Waals surface area contributed by atoms with E-state index in [9.17, 15) is 9.59 Å². The molecule has 0 amide bonds. The molecule has 0 aliphatic rings. The number of nitrogens with zero attached hydrogens (tertiary/aromatic N) is 3. The fraction of sp³-hybridized carbons (Fsp3) is 0.269. The van der Waals surface area contributed by atoms with Gasteiger partial charge in [0.1, 0.15) is 5.75 Å². The summed E-state index contributed by atoms with van der Waals surface area (Å²) >= 11 is 0. The Bertz CT molecular complexity index is 1340. The average Bonchev–Trinajstić information content (AvgIpc) is 3.01. The Balaban J connectivity index is 1.60. The number of methoxy groups -OCH3 is 1. The highest BCUT2D eigenvalue weighted by molar-refractivity contribution is 5.83. The molecule has 0 bridgehead atoms. The average molecular weight is 430 g/mol. The number of ketones is 1. The Morgan fingerprint density at radius 2 is 1.75 bits per heavy atom. The van der Waals surface area contributed by atoms with Crippen molar-refractivity contribution in [1.29, 1.82) is 0 Å². The summed E-state index contributed by atoms with van der Waals surface area (Å²) in [5.74, 6) is 0.744. The van der Waals surface area contributed by atoms with Gasteiger partial charge in [0.2, 0.25) is 0 Å². The molecule has 164 valence electrons. The van der Waals surface area contributed by atoms with E-state index in [1.54, 1.807) is 24.9 Å². The standard InChI is InChI=1S/C26H27N3O3/c1-17-11-18(2)13-20(12-17)21-14-23-25(27-15-21)29(26(31)28(23)3)16-22(30)10-9-19-7-5-6-8-24(19)32-4/h5-8,11-15H,9-10,16H2,1-4H3. The predicted octanol–water partition coefficient (Wildman–Crippen LogP) is 4.23. The van der Waals surface area contributed by atoms with Crippen LogP contribution in [-0.4, -0.2) is 27.0 Å². The molecule has 32 heavy (non-hydrogen) atoms. The molecular weight excluding hydrogens is 402 g/mol. The number of rotatable bonds is 7. The summed E-state index contributed by atoms with van der Waals surface area (Å²) in [5.41, 5.74) is 6.32. The predicted molar refractivity (Wildman–Crippen MR) is 126 cm³/mol. The van der Waals surface area contributed by atoms with Gasteiger partial charge in [-0.1, -0.05) is 47.5 Å². The molecular formula is C26H27N3O3. The summed E-state index contributed by atoms with van der Waals surface area (Å²) in [4.78, 5) is 30.2. The minimum atomic E-state index is -0.240. The molecule has 0 spiro atoms. The zero-order chi connectivity index (χ0) is 22.8. The van der Waals surface area contributed by atoms with Crippen LogP contribution in [0.2, 0.25) is 0 Å². The molecule has 6 heteroatoms. The lowest BCUT2D eigenvalue weighted by molar-refractivity contribution is -0.119. The van der Waals surface area contributed by atoms with Crippen molar-refractivity contribution >= 4 is 16.9 Å². The van der Waals surface area contributed by atoms with Crippen molar-refractivity contribution in [3.63, 3.8) is 0 Å². The number of aryl methyl sites for hydroxylation is 4. The molecule has 0 radical (unpaired) electrons. The van der Waals surface area contributed by atoms with Crippen LogP contribution < -0.4 is 10.4 Å². The second-order valence-corrected chi connectivity index (χ2v) is 8.22. The van der Waals surface area contributed by atoms with Crippen molar-refractivity contribution in [1.82, 2.24) is 14.1 Å². The number of carbonyl (C=O) groups is 1. The van der Waals surface area contributed by atoms with Crippen LogP contribution in [0.1, 0.15) is 23.1 Å². The summed E-state index contributed by atoms with van der Waals surface area (Å²) in [7, 11) is 3.34. The van der Waals surface area contributed by atoms with E-state index in [1.165, 1.54) is 15.7 Å². The topological polar surface area (TPSA) is 66.1 Å². The molecule has 0 atom stereocenters. The molecule has 0 saturated carbocycles. The summed E-state index contributed by atoms with van der Waals surface area (Å²) < 4.78 is 8.38. The van der Waals surface area contributed by atoms with Gasteiger partial charge in [-0.25, -0.2) is 9.78 Å². The van der Waals surface area contributed by atoms with Crippen LogP contribution in [0, 0.1) is 13.8 Å². The van der Waals surface area contributed by atoms with Gasteiger partial charge in [-0.05, 0) is 43.5 Å². The third-order valence-electron chi connectivity index (χ3n) is 5.74. The van der Waals surface area contributed by atoms with Gasteiger partial charge in [-0.2, -0.15) is 0 Å². The number of ether oxygens (including phenoxy) is 1. The maximum absolute atomic E-state index is 12.9. The number of aromatic nitrogens is 3. The lowest BCUT2D eigenvalue weighted by Crippen LogP contribution is -2.25. The van der Waals surface area contributed by atoms with Crippen molar-refractivity contribution in [2.45, 2.75) is 33.2 Å². The van der Waals surface area contributed by atoms with Crippen LogP contribution in [0.15, 0.2) is 59.5 Å². The number of carbonyl (C=O) groups excluding carboxylic acids is 1. The van der Waals surface area contributed by atoms with Crippen LogP contribution in [0.5, 0.6) is 5.75 Å². The number of benzene rings is 2. The molecule has 2 heterocycles. The SMILES string of the molecule is COc1ccccc1CCC(=O)Cn1c(=O)n(C)c2cc(-c3cc(C)cc(C)c3)cnc21. The number of Topliss-reactive ketones (excluding diaryl/α,β-unsaturated/α-hetero) is 1. The fourth-order valence-electron chi connectivity index (χ4n) is 4.16. The van der Waals surface area contributed by atoms with Crippen molar-refractivity contribution in [3.05, 3.63) is 81.9 Å². The second kappa shape index (κ2) is 8.83. The van der Waals surface area contributed by atoms with Crippen molar-refractivity contribution in [2.75, 3.05) is 7.11 Å². The number of fused-ring (bicyclic) bond motifs is 1. The summed E-state index contributed by atoms with van der Waals surface area (Å²) in [6.07, 6.45) is 2.66. The molecule has 6 nitrogen and oxygen atoms in total. The van der Waals surface area contributed by atoms with E-state index in [0.29, 0.717) is 24.0 Å². The van der Waals surface area contributed by atoms with E-state index in [-0.39, 0.29) is 18.0 Å². The molecule has 4 aromatic rings. The van der Waals surface area contributed by atoms with Crippen molar-refractivity contribution in [3.8, 4) is 16.9 Å². The molecule has 2 aromatic heterocycles. The first kappa shape index (κ1) is 21.6. The van der Waals surface area contributed by atoms with Crippen LogP contribution in [0.25, 0.3) is 22.3 Å².